The zero-order valence-corrected chi connectivity index (χ0v) is 9.84. The van der Waals surface area contributed by atoms with Crippen LogP contribution >= 0.6 is 11.8 Å². The van der Waals surface area contributed by atoms with Gasteiger partial charge in [-0.25, -0.2) is 4.79 Å². The highest BCUT2D eigenvalue weighted by Crippen LogP contribution is 2.09. The van der Waals surface area contributed by atoms with Gasteiger partial charge in [0, 0.05) is 20.2 Å². The Labute approximate surface area is 92.0 Å². The molecule has 1 amide bonds. The van der Waals surface area contributed by atoms with E-state index < -0.39 is 11.6 Å². The van der Waals surface area contributed by atoms with Crippen molar-refractivity contribution in [1.29, 1.82) is 0 Å². The molecule has 0 aliphatic rings. The van der Waals surface area contributed by atoms with Gasteiger partial charge in [-0.3, -0.25) is 4.79 Å². The second-order valence-corrected chi connectivity index (χ2v) is 4.42. The third kappa shape index (κ3) is 2.89. The van der Waals surface area contributed by atoms with Gasteiger partial charge < -0.3 is 9.42 Å². The predicted octanol–water partition coefficient (Wildman–Crippen LogP) is 1.22. The fraction of sp³-hybridized carbons (Fsp3) is 0.556. The first-order valence-electron chi connectivity index (χ1n) is 4.58. The van der Waals surface area contributed by atoms with Crippen LogP contribution in [-0.2, 0) is 5.75 Å². The molecule has 1 rings (SSSR count). The first-order chi connectivity index (χ1) is 7.06. The van der Waals surface area contributed by atoms with Crippen molar-refractivity contribution in [2.75, 3.05) is 19.8 Å². The average Bonchev–Trinajstić information content (AvgIpc) is 2.55. The third-order valence-corrected chi connectivity index (χ3v) is 2.59. The van der Waals surface area contributed by atoms with Crippen LogP contribution in [0.5, 0.6) is 0 Å². The first-order valence-corrected chi connectivity index (χ1v) is 5.73. The van der Waals surface area contributed by atoms with Crippen LogP contribution in [0.25, 0.3) is 0 Å². The van der Waals surface area contributed by atoms with E-state index in [1.807, 2.05) is 6.92 Å². The molecule has 0 spiro atoms. The Morgan fingerprint density at radius 1 is 1.60 bits per heavy atom. The third-order valence-electron chi connectivity index (χ3n) is 1.70. The summed E-state index contributed by atoms with van der Waals surface area (Å²) in [5, 5.41) is 0. The molecule has 0 saturated carbocycles. The Kier molecular flexibility index (Phi) is 4.02. The lowest BCUT2D eigenvalue weighted by molar-refractivity contribution is 0.182. The quantitative estimate of drug-likeness (QED) is 0.783. The number of rotatable bonds is 3. The molecule has 15 heavy (non-hydrogen) atoms. The molecule has 0 saturated heterocycles. The molecular weight excluding hydrogens is 216 g/mol. The standard InChI is InChI=1S/C9H14N2O3S/c1-4-15-6-7-5-8(12)11(14-7)9(13)10(2)3/h5H,4,6H2,1-3H3. The van der Waals surface area contributed by atoms with Crippen LogP contribution in [0.4, 0.5) is 4.79 Å². The lowest BCUT2D eigenvalue weighted by atomic mass is 10.5. The normalized spacial score (nSPS) is 10.3. The molecule has 1 heterocycles. The van der Waals surface area contributed by atoms with Crippen LogP contribution in [0.3, 0.4) is 0 Å². The lowest BCUT2D eigenvalue weighted by Gasteiger charge is -2.07. The number of aromatic nitrogens is 1. The largest absolute Gasteiger partial charge is 0.371 e. The van der Waals surface area contributed by atoms with Crippen molar-refractivity contribution in [2.45, 2.75) is 12.7 Å². The van der Waals surface area contributed by atoms with Gasteiger partial charge in [0.05, 0.1) is 5.75 Å². The number of carbonyl (C=O) groups excluding carboxylic acids is 1. The maximum atomic E-state index is 11.4. The van der Waals surface area contributed by atoms with Gasteiger partial charge in [0.2, 0.25) is 0 Å². The Bertz CT molecular complexity index is 394. The lowest BCUT2D eigenvalue weighted by Crippen LogP contribution is -2.32. The highest BCUT2D eigenvalue weighted by atomic mass is 32.2. The van der Waals surface area contributed by atoms with Gasteiger partial charge in [0.1, 0.15) is 5.76 Å². The Morgan fingerprint density at radius 2 is 2.27 bits per heavy atom. The summed E-state index contributed by atoms with van der Waals surface area (Å²) in [5.74, 6) is 2.08. The number of thioether (sulfide) groups is 1. The fourth-order valence-electron chi connectivity index (χ4n) is 0.971. The van der Waals surface area contributed by atoms with E-state index in [2.05, 4.69) is 0 Å². The van der Waals surface area contributed by atoms with Crippen molar-refractivity contribution >= 4 is 17.8 Å². The van der Waals surface area contributed by atoms with E-state index in [1.54, 1.807) is 25.9 Å². The Morgan fingerprint density at radius 3 is 2.80 bits per heavy atom. The van der Waals surface area contributed by atoms with Crippen LogP contribution in [0.2, 0.25) is 0 Å². The van der Waals surface area contributed by atoms with Gasteiger partial charge >= 0.3 is 6.03 Å². The van der Waals surface area contributed by atoms with E-state index in [0.29, 0.717) is 11.5 Å². The summed E-state index contributed by atoms with van der Waals surface area (Å²) in [6.45, 7) is 2.02. The van der Waals surface area contributed by atoms with Gasteiger partial charge in [-0.2, -0.15) is 11.8 Å². The maximum absolute atomic E-state index is 11.4. The highest BCUT2D eigenvalue weighted by Gasteiger charge is 2.14. The van der Waals surface area contributed by atoms with Crippen molar-refractivity contribution in [1.82, 2.24) is 9.64 Å². The maximum Gasteiger partial charge on any atom is 0.360 e. The smallest absolute Gasteiger partial charge is 0.360 e. The zero-order valence-electron chi connectivity index (χ0n) is 9.02. The van der Waals surface area contributed by atoms with Crippen LogP contribution < -0.4 is 5.56 Å². The van der Waals surface area contributed by atoms with E-state index in [1.165, 1.54) is 11.0 Å². The van der Waals surface area contributed by atoms with Crippen LogP contribution in [0.1, 0.15) is 12.7 Å². The molecule has 6 heteroatoms. The van der Waals surface area contributed by atoms with Crippen LogP contribution in [0, 0.1) is 0 Å². The molecule has 0 fully saturated rings. The predicted molar refractivity (Wildman–Crippen MR) is 59.3 cm³/mol. The highest BCUT2D eigenvalue weighted by molar-refractivity contribution is 7.98. The van der Waals surface area contributed by atoms with Gasteiger partial charge in [-0.15, -0.1) is 0 Å². The molecule has 0 aliphatic heterocycles. The van der Waals surface area contributed by atoms with Gasteiger partial charge in [0.15, 0.2) is 0 Å². The van der Waals surface area contributed by atoms with E-state index in [9.17, 15) is 9.59 Å². The molecule has 84 valence electrons. The number of hydrogen-bond donors (Lipinski definition) is 0. The molecule has 0 unspecified atom stereocenters. The summed E-state index contributed by atoms with van der Waals surface area (Å²) >= 11 is 1.63. The van der Waals surface area contributed by atoms with Crippen molar-refractivity contribution < 1.29 is 9.32 Å². The molecule has 0 N–H and O–H groups in total. The second-order valence-electron chi connectivity index (χ2n) is 3.15. The van der Waals surface area contributed by atoms with E-state index >= 15 is 0 Å². The summed E-state index contributed by atoms with van der Waals surface area (Å²) in [5.41, 5.74) is -0.416. The van der Waals surface area contributed by atoms with Gasteiger partial charge in [-0.1, -0.05) is 11.7 Å². The number of amides is 1. The zero-order chi connectivity index (χ0) is 11.4. The molecule has 0 bridgehead atoms. The number of hydrogen-bond acceptors (Lipinski definition) is 4. The molecule has 5 nitrogen and oxygen atoms in total. The molecule has 1 aromatic rings. The Balaban J connectivity index is 2.87. The number of carbonyl (C=O) groups is 1. The van der Waals surface area contributed by atoms with Gasteiger partial charge in [-0.05, 0) is 5.75 Å². The minimum absolute atomic E-state index is 0.416. The molecule has 0 aromatic carbocycles. The van der Waals surface area contributed by atoms with Crippen LogP contribution in [-0.4, -0.2) is 35.5 Å². The van der Waals surface area contributed by atoms with Crippen molar-refractivity contribution in [3.63, 3.8) is 0 Å². The summed E-state index contributed by atoms with van der Waals surface area (Å²) in [6, 6.07) is 0.886. The molecule has 0 atom stereocenters. The van der Waals surface area contributed by atoms with Crippen molar-refractivity contribution in [3.05, 3.63) is 22.2 Å². The molecular formula is C9H14N2O3S. The summed E-state index contributed by atoms with van der Waals surface area (Å²) < 4.78 is 5.90. The molecule has 1 aromatic heterocycles. The summed E-state index contributed by atoms with van der Waals surface area (Å²) in [7, 11) is 3.13. The van der Waals surface area contributed by atoms with E-state index in [-0.39, 0.29) is 0 Å². The minimum atomic E-state index is -0.465. The van der Waals surface area contributed by atoms with Crippen molar-refractivity contribution in [3.8, 4) is 0 Å². The number of nitrogens with zero attached hydrogens (tertiary/aromatic N) is 2. The monoisotopic (exact) mass is 230 g/mol. The van der Waals surface area contributed by atoms with Gasteiger partial charge in [0.25, 0.3) is 5.56 Å². The topological polar surface area (TPSA) is 55.5 Å². The van der Waals surface area contributed by atoms with Crippen molar-refractivity contribution in [2.24, 2.45) is 0 Å². The SMILES string of the molecule is CCSCc1cc(=O)n(C(=O)N(C)C)o1. The summed E-state index contributed by atoms with van der Waals surface area (Å²) in [4.78, 5) is 24.1. The summed E-state index contributed by atoms with van der Waals surface area (Å²) in [6.07, 6.45) is 0. The molecule has 0 radical (unpaired) electrons. The first kappa shape index (κ1) is 11.9. The van der Waals surface area contributed by atoms with Crippen LogP contribution in [0.15, 0.2) is 15.4 Å². The fourth-order valence-corrected chi connectivity index (χ4v) is 1.51. The second kappa shape index (κ2) is 5.06. The minimum Gasteiger partial charge on any atom is -0.371 e. The molecule has 0 aliphatic carbocycles. The Hall–Kier alpha value is -1.17. The average molecular weight is 230 g/mol. The van der Waals surface area contributed by atoms with E-state index in [0.717, 1.165) is 10.5 Å². The van der Waals surface area contributed by atoms with E-state index in [4.69, 9.17) is 4.52 Å².